The van der Waals surface area contributed by atoms with Crippen molar-refractivity contribution >= 4 is 11.5 Å². The summed E-state index contributed by atoms with van der Waals surface area (Å²) in [6.07, 6.45) is 1.77. The molecule has 1 aromatic heterocycles. The molecule has 4 heterocycles. The SMILES string of the molecule is CN1C[C@@H]2NCC(c3ccc(N4CCN(c5ncccc5C#N)CC4)cc3)[C@@H]2C1. The monoisotopic (exact) mass is 388 g/mol. The quantitative estimate of drug-likeness (QED) is 0.867. The zero-order valence-electron chi connectivity index (χ0n) is 17.0. The number of hydrogen-bond acceptors (Lipinski definition) is 6. The highest BCUT2D eigenvalue weighted by molar-refractivity contribution is 5.56. The fraction of sp³-hybridized carbons (Fsp3) is 0.478. The molecule has 5 rings (SSSR count). The summed E-state index contributed by atoms with van der Waals surface area (Å²) in [5.74, 6) is 2.18. The molecule has 3 saturated heterocycles. The predicted octanol–water partition coefficient (Wildman–Crippen LogP) is 1.90. The van der Waals surface area contributed by atoms with Gasteiger partial charge < -0.3 is 20.0 Å². The molecule has 3 atom stereocenters. The molecule has 150 valence electrons. The summed E-state index contributed by atoms with van der Waals surface area (Å²) >= 11 is 0. The Labute approximate surface area is 172 Å². The van der Waals surface area contributed by atoms with E-state index in [1.165, 1.54) is 24.3 Å². The van der Waals surface area contributed by atoms with Crippen molar-refractivity contribution in [1.82, 2.24) is 15.2 Å². The smallest absolute Gasteiger partial charge is 0.146 e. The number of likely N-dealkylation sites (tertiary alicyclic amines) is 1. The minimum absolute atomic E-state index is 0.629. The van der Waals surface area contributed by atoms with E-state index in [1.807, 2.05) is 12.1 Å². The van der Waals surface area contributed by atoms with Crippen molar-refractivity contribution in [2.75, 3.05) is 62.7 Å². The number of piperazine rings is 1. The minimum atomic E-state index is 0.629. The van der Waals surface area contributed by atoms with Crippen molar-refractivity contribution in [3.05, 3.63) is 53.7 Å². The number of pyridine rings is 1. The van der Waals surface area contributed by atoms with E-state index in [0.29, 0.717) is 17.5 Å². The lowest BCUT2D eigenvalue weighted by atomic mass is 9.87. The van der Waals surface area contributed by atoms with Crippen LogP contribution in [0.15, 0.2) is 42.6 Å². The number of nitrogens with zero attached hydrogens (tertiary/aromatic N) is 5. The largest absolute Gasteiger partial charge is 0.368 e. The second-order valence-corrected chi connectivity index (χ2v) is 8.56. The normalized spacial score (nSPS) is 27.1. The number of likely N-dealkylation sites (N-methyl/N-ethyl adjacent to an activating group) is 1. The summed E-state index contributed by atoms with van der Waals surface area (Å²) in [6, 6.07) is 15.8. The van der Waals surface area contributed by atoms with Gasteiger partial charge in [0.2, 0.25) is 0 Å². The van der Waals surface area contributed by atoms with Crippen molar-refractivity contribution in [3.8, 4) is 6.07 Å². The van der Waals surface area contributed by atoms with Crippen LogP contribution in [-0.2, 0) is 0 Å². The number of nitrogens with one attached hydrogen (secondary N) is 1. The third-order valence-corrected chi connectivity index (χ3v) is 6.84. The van der Waals surface area contributed by atoms with Crippen molar-refractivity contribution in [2.24, 2.45) is 5.92 Å². The van der Waals surface area contributed by atoms with Crippen LogP contribution >= 0.6 is 0 Å². The van der Waals surface area contributed by atoms with E-state index in [4.69, 9.17) is 0 Å². The van der Waals surface area contributed by atoms with Gasteiger partial charge in [-0.3, -0.25) is 0 Å². The molecule has 6 heteroatoms. The van der Waals surface area contributed by atoms with Gasteiger partial charge in [-0.25, -0.2) is 4.98 Å². The third kappa shape index (κ3) is 3.45. The van der Waals surface area contributed by atoms with Gasteiger partial charge in [0.15, 0.2) is 0 Å². The summed E-state index contributed by atoms with van der Waals surface area (Å²) in [4.78, 5) is 11.5. The van der Waals surface area contributed by atoms with Crippen LogP contribution in [0.4, 0.5) is 11.5 Å². The lowest BCUT2D eigenvalue weighted by molar-refractivity contribution is 0.372. The third-order valence-electron chi connectivity index (χ3n) is 6.84. The van der Waals surface area contributed by atoms with Gasteiger partial charge in [0.25, 0.3) is 0 Å². The van der Waals surface area contributed by atoms with Gasteiger partial charge in [0.05, 0.1) is 5.56 Å². The van der Waals surface area contributed by atoms with Crippen molar-refractivity contribution in [3.63, 3.8) is 0 Å². The van der Waals surface area contributed by atoms with Gasteiger partial charge in [-0.2, -0.15) is 5.26 Å². The molecule has 3 fully saturated rings. The van der Waals surface area contributed by atoms with E-state index in [-0.39, 0.29) is 0 Å². The number of nitriles is 1. The summed E-state index contributed by atoms with van der Waals surface area (Å²) in [5.41, 5.74) is 3.42. The first-order chi connectivity index (χ1) is 14.2. The van der Waals surface area contributed by atoms with Crippen LogP contribution < -0.4 is 15.1 Å². The fourth-order valence-corrected chi connectivity index (χ4v) is 5.30. The van der Waals surface area contributed by atoms with E-state index in [1.54, 1.807) is 6.20 Å². The molecule has 0 spiro atoms. The Morgan fingerprint density at radius 3 is 2.55 bits per heavy atom. The Morgan fingerprint density at radius 1 is 1.03 bits per heavy atom. The van der Waals surface area contributed by atoms with Crippen LogP contribution in [0.1, 0.15) is 17.0 Å². The Kier molecular flexibility index (Phi) is 4.86. The van der Waals surface area contributed by atoms with Crippen LogP contribution in [0.25, 0.3) is 0 Å². The van der Waals surface area contributed by atoms with Crippen LogP contribution in [0.5, 0.6) is 0 Å². The van der Waals surface area contributed by atoms with E-state index in [0.717, 1.165) is 44.5 Å². The second-order valence-electron chi connectivity index (χ2n) is 8.56. The first-order valence-corrected chi connectivity index (χ1v) is 10.6. The number of benzene rings is 1. The Morgan fingerprint density at radius 2 is 1.79 bits per heavy atom. The maximum Gasteiger partial charge on any atom is 0.146 e. The fourth-order valence-electron chi connectivity index (χ4n) is 5.30. The van der Waals surface area contributed by atoms with Crippen LogP contribution in [0.2, 0.25) is 0 Å². The highest BCUT2D eigenvalue weighted by atomic mass is 15.3. The zero-order valence-corrected chi connectivity index (χ0v) is 17.0. The van der Waals surface area contributed by atoms with Gasteiger partial charge in [0.1, 0.15) is 11.9 Å². The topological polar surface area (TPSA) is 58.4 Å². The van der Waals surface area contributed by atoms with Crippen LogP contribution in [0, 0.1) is 17.2 Å². The van der Waals surface area contributed by atoms with E-state index in [9.17, 15) is 5.26 Å². The summed E-state index contributed by atoms with van der Waals surface area (Å²) in [7, 11) is 2.23. The molecular formula is C23H28N6. The lowest BCUT2D eigenvalue weighted by Crippen LogP contribution is -2.47. The number of anilines is 2. The van der Waals surface area contributed by atoms with E-state index < -0.39 is 0 Å². The molecular weight excluding hydrogens is 360 g/mol. The molecule has 1 N–H and O–H groups in total. The number of hydrogen-bond donors (Lipinski definition) is 1. The van der Waals surface area contributed by atoms with Gasteiger partial charge in [-0.05, 0) is 42.8 Å². The standard InChI is InChI=1S/C23H28N6/c1-27-15-21-20(14-26-22(21)16-27)17-4-6-19(7-5-17)28-9-11-29(12-10-28)23-18(13-24)3-2-8-25-23/h2-8,20-22,26H,9-12,14-16H2,1H3/t20?,21-,22-/m0/s1. The van der Waals surface area contributed by atoms with Gasteiger partial charge in [0, 0.05) is 69.7 Å². The molecule has 1 aromatic carbocycles. The number of rotatable bonds is 3. The lowest BCUT2D eigenvalue weighted by Gasteiger charge is -2.37. The molecule has 29 heavy (non-hydrogen) atoms. The van der Waals surface area contributed by atoms with E-state index >= 15 is 0 Å². The van der Waals surface area contributed by atoms with Gasteiger partial charge in [-0.1, -0.05) is 12.1 Å². The highest BCUT2D eigenvalue weighted by Gasteiger charge is 2.41. The van der Waals surface area contributed by atoms with Crippen LogP contribution in [0.3, 0.4) is 0 Å². The van der Waals surface area contributed by atoms with Gasteiger partial charge in [-0.15, -0.1) is 0 Å². The molecule has 0 radical (unpaired) electrons. The maximum absolute atomic E-state index is 9.33. The predicted molar refractivity (Wildman–Crippen MR) is 115 cm³/mol. The first kappa shape index (κ1) is 18.4. The molecule has 1 unspecified atom stereocenters. The zero-order chi connectivity index (χ0) is 19.8. The highest BCUT2D eigenvalue weighted by Crippen LogP contribution is 2.36. The average molecular weight is 389 g/mol. The van der Waals surface area contributed by atoms with Crippen molar-refractivity contribution in [1.29, 1.82) is 5.26 Å². The molecule has 0 saturated carbocycles. The Bertz CT molecular complexity index is 896. The minimum Gasteiger partial charge on any atom is -0.368 e. The molecule has 0 amide bonds. The maximum atomic E-state index is 9.33. The first-order valence-electron chi connectivity index (χ1n) is 10.6. The van der Waals surface area contributed by atoms with Crippen molar-refractivity contribution in [2.45, 2.75) is 12.0 Å². The molecule has 0 bridgehead atoms. The van der Waals surface area contributed by atoms with Crippen molar-refractivity contribution < 1.29 is 0 Å². The van der Waals surface area contributed by atoms with E-state index in [2.05, 4.69) is 62.4 Å². The second kappa shape index (κ2) is 7.66. The summed E-state index contributed by atoms with van der Waals surface area (Å²) < 4.78 is 0. The summed E-state index contributed by atoms with van der Waals surface area (Å²) in [6.45, 7) is 7.14. The Balaban J connectivity index is 1.24. The molecule has 3 aliphatic rings. The molecule has 3 aliphatic heterocycles. The molecule has 0 aliphatic carbocycles. The number of aromatic nitrogens is 1. The summed E-state index contributed by atoms with van der Waals surface area (Å²) in [5, 5.41) is 13.1. The molecule has 2 aromatic rings. The molecule has 6 nitrogen and oxygen atoms in total. The van der Waals surface area contributed by atoms with Gasteiger partial charge >= 0.3 is 0 Å². The average Bonchev–Trinajstić information content (AvgIpc) is 3.33. The number of fused-ring (bicyclic) bond motifs is 1. The Hall–Kier alpha value is -2.62. The van der Waals surface area contributed by atoms with Crippen LogP contribution in [-0.4, -0.2) is 68.8 Å².